The highest BCUT2D eigenvalue weighted by molar-refractivity contribution is 7.80. The molecule has 0 radical (unpaired) electrons. The zero-order valence-electron chi connectivity index (χ0n) is 12.6. The quantitative estimate of drug-likeness (QED) is 0.855. The predicted molar refractivity (Wildman–Crippen MR) is 88.1 cm³/mol. The van der Waals surface area contributed by atoms with E-state index in [1.807, 2.05) is 18.3 Å². The Labute approximate surface area is 130 Å². The van der Waals surface area contributed by atoms with Gasteiger partial charge in [0.05, 0.1) is 17.8 Å². The number of nitrogens with zero attached hydrogens (tertiary/aromatic N) is 2. The molecule has 110 valence electrons. The molecule has 0 unspecified atom stereocenters. The van der Waals surface area contributed by atoms with Crippen LogP contribution in [0.3, 0.4) is 0 Å². The van der Waals surface area contributed by atoms with Gasteiger partial charge in [-0.15, -0.1) is 0 Å². The first-order chi connectivity index (χ1) is 10.1. The van der Waals surface area contributed by atoms with E-state index in [1.54, 1.807) is 0 Å². The maximum Gasteiger partial charge on any atom is 0.170 e. The fraction of sp³-hybridized carbons (Fsp3) is 0.375. The lowest BCUT2D eigenvalue weighted by Crippen LogP contribution is -2.29. The highest BCUT2D eigenvalue weighted by Crippen LogP contribution is 2.39. The van der Waals surface area contributed by atoms with Crippen molar-refractivity contribution in [1.82, 2.24) is 20.2 Å². The molecule has 21 heavy (non-hydrogen) atoms. The minimum Gasteiger partial charge on any atom is -0.362 e. The van der Waals surface area contributed by atoms with Crippen LogP contribution in [0, 0.1) is 13.8 Å². The third-order valence-corrected chi connectivity index (χ3v) is 4.40. The first kappa shape index (κ1) is 14.1. The molecule has 2 aromatic rings. The Balaban J connectivity index is 2.07. The van der Waals surface area contributed by atoms with Crippen LogP contribution in [0.1, 0.15) is 41.7 Å². The van der Waals surface area contributed by atoms with E-state index < -0.39 is 0 Å². The Morgan fingerprint density at radius 2 is 2.14 bits per heavy atom. The molecule has 0 bridgehead atoms. The maximum atomic E-state index is 5.52. The van der Waals surface area contributed by atoms with E-state index in [2.05, 4.69) is 53.1 Å². The number of likely N-dealkylation sites (N-methyl/N-ethyl adjacent to an activating group) is 1. The zero-order chi connectivity index (χ0) is 15.0. The van der Waals surface area contributed by atoms with Gasteiger partial charge < -0.3 is 15.2 Å². The standard InChI is InChI=1S/C16H20N4S/c1-4-20-15(12-9-10(2)18-11(12)3)14(19-16(20)21)13-7-5-6-8-17-13/h5-9,14-15,18H,4H2,1-3H3,(H,19,21)/t14-,15-/m1/s1. The second-order valence-electron chi connectivity index (χ2n) is 5.45. The molecule has 4 nitrogen and oxygen atoms in total. The van der Waals surface area contributed by atoms with E-state index in [0.717, 1.165) is 17.4 Å². The number of aromatic amines is 1. The molecule has 2 aromatic heterocycles. The van der Waals surface area contributed by atoms with Gasteiger partial charge in [-0.25, -0.2) is 0 Å². The van der Waals surface area contributed by atoms with Gasteiger partial charge in [0.15, 0.2) is 5.11 Å². The Hall–Kier alpha value is -1.88. The Kier molecular flexibility index (Phi) is 3.68. The molecule has 0 aliphatic carbocycles. The Bertz CT molecular complexity index is 650. The van der Waals surface area contributed by atoms with E-state index in [1.165, 1.54) is 17.0 Å². The van der Waals surface area contributed by atoms with E-state index in [9.17, 15) is 0 Å². The molecule has 5 heteroatoms. The van der Waals surface area contributed by atoms with Crippen molar-refractivity contribution in [3.05, 3.63) is 53.1 Å². The third-order valence-electron chi connectivity index (χ3n) is 4.05. The van der Waals surface area contributed by atoms with Crippen LogP contribution in [0.5, 0.6) is 0 Å². The molecule has 0 spiro atoms. The van der Waals surface area contributed by atoms with Crippen LogP contribution in [-0.4, -0.2) is 26.5 Å². The number of aromatic nitrogens is 2. The smallest absolute Gasteiger partial charge is 0.170 e. The molecular weight excluding hydrogens is 280 g/mol. The fourth-order valence-corrected chi connectivity index (χ4v) is 3.51. The Morgan fingerprint density at radius 1 is 1.33 bits per heavy atom. The zero-order valence-corrected chi connectivity index (χ0v) is 13.4. The number of aryl methyl sites for hydroxylation is 2. The molecule has 1 aliphatic heterocycles. The summed E-state index contributed by atoms with van der Waals surface area (Å²) >= 11 is 5.52. The number of hydrogen-bond donors (Lipinski definition) is 2. The molecule has 0 amide bonds. The normalized spacial score (nSPS) is 21.7. The van der Waals surface area contributed by atoms with Crippen LogP contribution in [0.15, 0.2) is 30.5 Å². The van der Waals surface area contributed by atoms with Crippen molar-refractivity contribution in [3.63, 3.8) is 0 Å². The molecule has 2 N–H and O–H groups in total. The predicted octanol–water partition coefficient (Wildman–Crippen LogP) is 3.02. The molecule has 3 rings (SSSR count). The molecule has 2 atom stereocenters. The number of hydrogen-bond acceptors (Lipinski definition) is 2. The van der Waals surface area contributed by atoms with Crippen LogP contribution >= 0.6 is 12.2 Å². The molecule has 1 aliphatic rings. The number of rotatable bonds is 3. The van der Waals surface area contributed by atoms with Crippen molar-refractivity contribution < 1.29 is 0 Å². The van der Waals surface area contributed by atoms with Crippen molar-refractivity contribution in [2.24, 2.45) is 0 Å². The summed E-state index contributed by atoms with van der Waals surface area (Å²) in [6, 6.07) is 8.51. The number of nitrogens with one attached hydrogen (secondary N) is 2. The van der Waals surface area contributed by atoms with Crippen molar-refractivity contribution in [1.29, 1.82) is 0 Å². The minimum atomic E-state index is 0.0903. The number of H-pyrrole nitrogens is 1. The summed E-state index contributed by atoms with van der Waals surface area (Å²) < 4.78 is 0. The second-order valence-corrected chi connectivity index (χ2v) is 5.83. The molecular formula is C16H20N4S. The van der Waals surface area contributed by atoms with Crippen LogP contribution in [-0.2, 0) is 0 Å². The maximum absolute atomic E-state index is 5.52. The summed E-state index contributed by atoms with van der Waals surface area (Å²) in [4.78, 5) is 10.2. The third kappa shape index (κ3) is 2.42. The second kappa shape index (κ2) is 5.48. The van der Waals surface area contributed by atoms with Gasteiger partial charge in [-0.2, -0.15) is 0 Å². The lowest BCUT2D eigenvalue weighted by atomic mass is 9.97. The summed E-state index contributed by atoms with van der Waals surface area (Å²) in [7, 11) is 0. The van der Waals surface area contributed by atoms with Gasteiger partial charge >= 0.3 is 0 Å². The summed E-state index contributed by atoms with van der Waals surface area (Å²) in [5.41, 5.74) is 4.69. The largest absolute Gasteiger partial charge is 0.362 e. The van der Waals surface area contributed by atoms with Crippen molar-refractivity contribution in [2.75, 3.05) is 6.54 Å². The first-order valence-corrected chi connectivity index (χ1v) is 7.66. The lowest BCUT2D eigenvalue weighted by Gasteiger charge is -2.26. The molecule has 1 saturated heterocycles. The molecule has 3 heterocycles. The van der Waals surface area contributed by atoms with E-state index in [0.29, 0.717) is 0 Å². The minimum absolute atomic E-state index is 0.0903. The average Bonchev–Trinajstić information content (AvgIpc) is 2.98. The van der Waals surface area contributed by atoms with E-state index in [4.69, 9.17) is 12.2 Å². The van der Waals surface area contributed by atoms with Crippen molar-refractivity contribution >= 4 is 17.3 Å². The van der Waals surface area contributed by atoms with Crippen LogP contribution in [0.4, 0.5) is 0 Å². The Morgan fingerprint density at radius 3 is 2.71 bits per heavy atom. The van der Waals surface area contributed by atoms with E-state index in [-0.39, 0.29) is 12.1 Å². The average molecular weight is 300 g/mol. The summed E-state index contributed by atoms with van der Waals surface area (Å²) in [6.45, 7) is 7.22. The van der Waals surface area contributed by atoms with E-state index >= 15 is 0 Å². The van der Waals surface area contributed by atoms with Gasteiger partial charge in [-0.1, -0.05) is 6.07 Å². The fourth-order valence-electron chi connectivity index (χ4n) is 3.14. The van der Waals surface area contributed by atoms with Gasteiger partial charge in [0.2, 0.25) is 0 Å². The van der Waals surface area contributed by atoms with Crippen LogP contribution in [0.2, 0.25) is 0 Å². The number of thiocarbonyl (C=S) groups is 1. The van der Waals surface area contributed by atoms with Gasteiger partial charge in [-0.05, 0) is 56.8 Å². The highest BCUT2D eigenvalue weighted by Gasteiger charge is 2.39. The monoisotopic (exact) mass is 300 g/mol. The van der Waals surface area contributed by atoms with Crippen LogP contribution < -0.4 is 5.32 Å². The molecule has 0 aromatic carbocycles. The van der Waals surface area contributed by atoms with Gasteiger partial charge in [0.25, 0.3) is 0 Å². The summed E-state index contributed by atoms with van der Waals surface area (Å²) in [6.07, 6.45) is 1.83. The number of pyridine rings is 1. The molecule has 0 saturated carbocycles. The summed E-state index contributed by atoms with van der Waals surface area (Å²) in [5.74, 6) is 0. The lowest BCUT2D eigenvalue weighted by molar-refractivity contribution is 0.330. The molecule has 1 fully saturated rings. The van der Waals surface area contributed by atoms with Crippen LogP contribution in [0.25, 0.3) is 0 Å². The highest BCUT2D eigenvalue weighted by atomic mass is 32.1. The van der Waals surface area contributed by atoms with Crippen molar-refractivity contribution in [3.8, 4) is 0 Å². The SMILES string of the molecule is CCN1C(=S)N[C@H](c2ccccn2)[C@H]1c1cc(C)[nH]c1C. The van der Waals surface area contributed by atoms with Gasteiger partial charge in [0.1, 0.15) is 0 Å². The topological polar surface area (TPSA) is 44.0 Å². The first-order valence-electron chi connectivity index (χ1n) is 7.26. The summed E-state index contributed by atoms with van der Waals surface area (Å²) in [5, 5.41) is 4.24. The van der Waals surface area contributed by atoms with Gasteiger partial charge in [-0.3, -0.25) is 4.98 Å². The van der Waals surface area contributed by atoms with Gasteiger partial charge in [0, 0.05) is 24.1 Å². The van der Waals surface area contributed by atoms with Crippen molar-refractivity contribution in [2.45, 2.75) is 32.9 Å².